The summed E-state index contributed by atoms with van der Waals surface area (Å²) in [5.74, 6) is -0.236. The van der Waals surface area contributed by atoms with Gasteiger partial charge in [-0.25, -0.2) is 9.37 Å². The molecule has 1 aromatic carbocycles. The summed E-state index contributed by atoms with van der Waals surface area (Å²) in [6.45, 7) is 0.175. The molecule has 2 heterocycles. The molecule has 0 fully saturated rings. The van der Waals surface area contributed by atoms with Crippen molar-refractivity contribution in [3.63, 3.8) is 0 Å². The highest BCUT2D eigenvalue weighted by atomic mass is 32.1. The molecule has 1 amide bonds. The van der Waals surface area contributed by atoms with Crippen LogP contribution in [0.25, 0.3) is 11.3 Å². The zero-order chi connectivity index (χ0) is 19.9. The maximum absolute atomic E-state index is 13.0. The number of oxazole rings is 1. The minimum Gasteiger partial charge on any atom is -0.456 e. The largest absolute Gasteiger partial charge is 0.456 e. The quantitative estimate of drug-likeness (QED) is 0.538. The van der Waals surface area contributed by atoms with Crippen LogP contribution in [0, 0.1) is 5.82 Å². The standard InChI is InChI=1S/C20H19FN2O4S/c1-23(11-14-8-9-28-13-14)19(24)12-26-20(25)7-6-18-22-10-17(27-18)15-2-4-16(21)5-3-15/h2-5,8-10,13H,6-7,11-12H2,1H3. The van der Waals surface area contributed by atoms with Gasteiger partial charge in [-0.05, 0) is 46.7 Å². The van der Waals surface area contributed by atoms with E-state index in [1.54, 1.807) is 30.5 Å². The number of thiophene rings is 1. The third-order valence-corrected chi connectivity index (χ3v) is 4.74. The Kier molecular flexibility index (Phi) is 6.54. The van der Waals surface area contributed by atoms with Crippen LogP contribution in [-0.4, -0.2) is 35.4 Å². The highest BCUT2D eigenvalue weighted by molar-refractivity contribution is 7.07. The number of carbonyl (C=O) groups is 2. The van der Waals surface area contributed by atoms with Gasteiger partial charge in [-0.2, -0.15) is 11.3 Å². The van der Waals surface area contributed by atoms with Crippen LogP contribution in [0.2, 0.25) is 0 Å². The molecule has 0 aliphatic rings. The van der Waals surface area contributed by atoms with Crippen LogP contribution in [0.3, 0.4) is 0 Å². The van der Waals surface area contributed by atoms with E-state index in [4.69, 9.17) is 9.15 Å². The van der Waals surface area contributed by atoms with Gasteiger partial charge >= 0.3 is 5.97 Å². The van der Waals surface area contributed by atoms with Crippen molar-refractivity contribution in [1.82, 2.24) is 9.88 Å². The number of amides is 1. The van der Waals surface area contributed by atoms with Crippen LogP contribution < -0.4 is 0 Å². The molecule has 0 saturated heterocycles. The number of hydrogen-bond acceptors (Lipinski definition) is 6. The number of nitrogens with zero attached hydrogens (tertiary/aromatic N) is 2. The van der Waals surface area contributed by atoms with Gasteiger partial charge in [0.15, 0.2) is 18.3 Å². The molecule has 146 valence electrons. The number of likely N-dealkylation sites (N-methyl/N-ethyl adjacent to an activating group) is 1. The number of ether oxygens (including phenoxy) is 1. The van der Waals surface area contributed by atoms with Crippen LogP contribution in [0.1, 0.15) is 17.9 Å². The highest BCUT2D eigenvalue weighted by Crippen LogP contribution is 2.21. The number of esters is 1. The molecule has 0 unspecified atom stereocenters. The fraction of sp³-hybridized carbons (Fsp3) is 0.250. The highest BCUT2D eigenvalue weighted by Gasteiger charge is 2.14. The smallest absolute Gasteiger partial charge is 0.306 e. The lowest BCUT2D eigenvalue weighted by Gasteiger charge is -2.16. The Bertz CT molecular complexity index is 922. The normalized spacial score (nSPS) is 10.6. The Morgan fingerprint density at radius 2 is 2.04 bits per heavy atom. The fourth-order valence-electron chi connectivity index (χ4n) is 2.45. The van der Waals surface area contributed by atoms with Gasteiger partial charge in [-0.3, -0.25) is 9.59 Å². The SMILES string of the molecule is CN(Cc1ccsc1)C(=O)COC(=O)CCc1ncc(-c2ccc(F)cc2)o1. The Hall–Kier alpha value is -3.00. The number of halogens is 1. The number of aryl methyl sites for hydroxylation is 1. The summed E-state index contributed by atoms with van der Waals surface area (Å²) < 4.78 is 23.6. The van der Waals surface area contributed by atoms with E-state index in [0.717, 1.165) is 5.56 Å². The first-order chi connectivity index (χ1) is 13.5. The molecule has 8 heteroatoms. The summed E-state index contributed by atoms with van der Waals surface area (Å²) in [5, 5.41) is 3.91. The van der Waals surface area contributed by atoms with Crippen LogP contribution in [0.15, 0.2) is 51.7 Å². The van der Waals surface area contributed by atoms with E-state index in [1.807, 2.05) is 16.8 Å². The molecule has 0 spiro atoms. The molecular weight excluding hydrogens is 383 g/mol. The van der Waals surface area contributed by atoms with Crippen molar-refractivity contribution in [3.8, 4) is 11.3 Å². The van der Waals surface area contributed by atoms with Crippen LogP contribution >= 0.6 is 11.3 Å². The van der Waals surface area contributed by atoms with Gasteiger partial charge in [0.25, 0.3) is 5.91 Å². The molecule has 0 saturated carbocycles. The van der Waals surface area contributed by atoms with Gasteiger partial charge in [-0.1, -0.05) is 0 Å². The Morgan fingerprint density at radius 1 is 1.25 bits per heavy atom. The Labute approximate surface area is 165 Å². The van der Waals surface area contributed by atoms with Crippen molar-refractivity contribution in [1.29, 1.82) is 0 Å². The zero-order valence-corrected chi connectivity index (χ0v) is 16.1. The molecule has 0 bridgehead atoms. The molecule has 2 aromatic heterocycles. The van der Waals surface area contributed by atoms with E-state index in [1.165, 1.54) is 23.2 Å². The predicted molar refractivity (Wildman–Crippen MR) is 102 cm³/mol. The number of benzene rings is 1. The number of aromatic nitrogens is 1. The van der Waals surface area contributed by atoms with Crippen LogP contribution in [0.5, 0.6) is 0 Å². The number of hydrogen-bond donors (Lipinski definition) is 0. The summed E-state index contributed by atoms with van der Waals surface area (Å²) in [6.07, 6.45) is 1.82. The molecule has 0 aliphatic carbocycles. The van der Waals surface area contributed by atoms with Crippen molar-refractivity contribution in [2.45, 2.75) is 19.4 Å². The summed E-state index contributed by atoms with van der Waals surface area (Å²) in [4.78, 5) is 29.5. The summed E-state index contributed by atoms with van der Waals surface area (Å²) >= 11 is 1.56. The second kappa shape index (κ2) is 9.27. The molecule has 0 radical (unpaired) electrons. The topological polar surface area (TPSA) is 72.6 Å². The molecule has 0 N–H and O–H groups in total. The first-order valence-electron chi connectivity index (χ1n) is 8.62. The third kappa shape index (κ3) is 5.50. The van der Waals surface area contributed by atoms with E-state index in [-0.39, 0.29) is 31.2 Å². The van der Waals surface area contributed by atoms with Crippen LogP contribution in [-0.2, 0) is 27.3 Å². The summed E-state index contributed by atoms with van der Waals surface area (Å²) in [5.41, 5.74) is 1.73. The molecular formula is C20H19FN2O4S. The molecule has 3 rings (SSSR count). The molecule has 0 atom stereocenters. The summed E-state index contributed by atoms with van der Waals surface area (Å²) in [7, 11) is 1.66. The van der Waals surface area contributed by atoms with Gasteiger partial charge in [0.05, 0.1) is 12.6 Å². The van der Waals surface area contributed by atoms with Crippen LogP contribution in [0.4, 0.5) is 4.39 Å². The van der Waals surface area contributed by atoms with Crippen molar-refractivity contribution >= 4 is 23.2 Å². The third-order valence-electron chi connectivity index (χ3n) is 4.01. The van der Waals surface area contributed by atoms with E-state index >= 15 is 0 Å². The summed E-state index contributed by atoms with van der Waals surface area (Å²) in [6, 6.07) is 7.79. The van der Waals surface area contributed by atoms with E-state index in [0.29, 0.717) is 23.8 Å². The maximum atomic E-state index is 13.0. The van der Waals surface area contributed by atoms with E-state index < -0.39 is 5.97 Å². The molecule has 0 aliphatic heterocycles. The van der Waals surface area contributed by atoms with Crippen molar-refractivity contribution < 1.29 is 23.1 Å². The monoisotopic (exact) mass is 402 g/mol. The Balaban J connectivity index is 1.42. The molecule has 6 nitrogen and oxygen atoms in total. The van der Waals surface area contributed by atoms with E-state index in [2.05, 4.69) is 4.98 Å². The average molecular weight is 402 g/mol. The average Bonchev–Trinajstić information content (AvgIpc) is 3.37. The Morgan fingerprint density at radius 3 is 2.75 bits per heavy atom. The lowest BCUT2D eigenvalue weighted by Crippen LogP contribution is -2.30. The molecule has 28 heavy (non-hydrogen) atoms. The number of rotatable bonds is 8. The lowest BCUT2D eigenvalue weighted by molar-refractivity contribution is -0.151. The second-order valence-corrected chi connectivity index (χ2v) is 6.95. The minimum absolute atomic E-state index is 0.0465. The van der Waals surface area contributed by atoms with Crippen molar-refractivity contribution in [3.05, 3.63) is 64.6 Å². The van der Waals surface area contributed by atoms with Crippen molar-refractivity contribution in [2.75, 3.05) is 13.7 Å². The maximum Gasteiger partial charge on any atom is 0.306 e. The fourth-order valence-corrected chi connectivity index (χ4v) is 3.11. The van der Waals surface area contributed by atoms with Gasteiger partial charge in [0, 0.05) is 25.6 Å². The number of carbonyl (C=O) groups excluding carboxylic acids is 2. The van der Waals surface area contributed by atoms with Crippen molar-refractivity contribution in [2.24, 2.45) is 0 Å². The van der Waals surface area contributed by atoms with Gasteiger partial charge in [0.1, 0.15) is 5.82 Å². The predicted octanol–water partition coefficient (Wildman–Crippen LogP) is 3.68. The first kappa shape index (κ1) is 19.8. The van der Waals surface area contributed by atoms with Gasteiger partial charge in [-0.15, -0.1) is 0 Å². The first-order valence-corrected chi connectivity index (χ1v) is 9.57. The van der Waals surface area contributed by atoms with Gasteiger partial charge in [0.2, 0.25) is 0 Å². The van der Waals surface area contributed by atoms with E-state index in [9.17, 15) is 14.0 Å². The minimum atomic E-state index is -0.501. The zero-order valence-electron chi connectivity index (χ0n) is 15.3. The molecule has 3 aromatic rings. The van der Waals surface area contributed by atoms with Gasteiger partial charge < -0.3 is 14.1 Å². The lowest BCUT2D eigenvalue weighted by atomic mass is 10.2. The second-order valence-electron chi connectivity index (χ2n) is 6.17.